The maximum atomic E-state index is 6.16. The van der Waals surface area contributed by atoms with Gasteiger partial charge in [0, 0.05) is 12.1 Å². The van der Waals surface area contributed by atoms with Crippen molar-refractivity contribution >= 4 is 0 Å². The van der Waals surface area contributed by atoms with Gasteiger partial charge in [0.05, 0.1) is 6.54 Å². The van der Waals surface area contributed by atoms with E-state index in [1.165, 1.54) is 5.56 Å². The van der Waals surface area contributed by atoms with Crippen LogP contribution in [0, 0.1) is 6.92 Å². The van der Waals surface area contributed by atoms with E-state index >= 15 is 0 Å². The number of rotatable bonds is 5. The van der Waals surface area contributed by atoms with E-state index in [0.29, 0.717) is 0 Å². The van der Waals surface area contributed by atoms with Crippen molar-refractivity contribution in [1.29, 1.82) is 0 Å². The Morgan fingerprint density at radius 2 is 1.84 bits per heavy atom. The normalized spacial score (nSPS) is 14.6. The van der Waals surface area contributed by atoms with Crippen LogP contribution in [0.5, 0.6) is 0 Å². The average molecular weight is 258 g/mol. The van der Waals surface area contributed by atoms with Crippen molar-refractivity contribution in [2.24, 2.45) is 5.73 Å². The molecule has 0 aliphatic carbocycles. The van der Waals surface area contributed by atoms with Crippen LogP contribution in [0.15, 0.2) is 46.9 Å². The zero-order valence-electron chi connectivity index (χ0n) is 11.8. The van der Waals surface area contributed by atoms with Gasteiger partial charge in [-0.1, -0.05) is 30.3 Å². The molecule has 2 rings (SSSR count). The number of aryl methyl sites for hydroxylation is 1. The molecule has 2 atom stereocenters. The number of likely N-dealkylation sites (N-methyl/N-ethyl adjacent to an activating group) is 1. The first-order valence-corrected chi connectivity index (χ1v) is 6.64. The van der Waals surface area contributed by atoms with Gasteiger partial charge >= 0.3 is 0 Å². The van der Waals surface area contributed by atoms with E-state index in [0.717, 1.165) is 18.1 Å². The molecule has 1 aromatic carbocycles. The van der Waals surface area contributed by atoms with E-state index in [2.05, 4.69) is 36.2 Å². The summed E-state index contributed by atoms with van der Waals surface area (Å²) < 4.78 is 5.64. The van der Waals surface area contributed by atoms with Crippen molar-refractivity contribution in [3.05, 3.63) is 59.5 Å². The average Bonchev–Trinajstić information content (AvgIpc) is 2.75. The Hall–Kier alpha value is -1.58. The van der Waals surface area contributed by atoms with Gasteiger partial charge in [0.15, 0.2) is 0 Å². The van der Waals surface area contributed by atoms with Gasteiger partial charge in [-0.15, -0.1) is 0 Å². The predicted molar refractivity (Wildman–Crippen MR) is 77.7 cm³/mol. The molecule has 2 N–H and O–H groups in total. The summed E-state index contributed by atoms with van der Waals surface area (Å²) >= 11 is 0. The van der Waals surface area contributed by atoms with Gasteiger partial charge in [0.2, 0.25) is 0 Å². The van der Waals surface area contributed by atoms with E-state index in [1.807, 2.05) is 32.0 Å². The summed E-state index contributed by atoms with van der Waals surface area (Å²) in [6, 6.07) is 14.6. The number of hydrogen-bond donors (Lipinski definition) is 1. The molecule has 3 heteroatoms. The molecule has 0 bridgehead atoms. The fraction of sp³-hybridized carbons (Fsp3) is 0.375. The Morgan fingerprint density at radius 1 is 1.16 bits per heavy atom. The Kier molecular flexibility index (Phi) is 4.40. The molecule has 2 unspecified atom stereocenters. The number of nitrogens with two attached hydrogens (primary N) is 1. The molecule has 0 amide bonds. The minimum Gasteiger partial charge on any atom is -0.465 e. The number of benzene rings is 1. The van der Waals surface area contributed by atoms with E-state index in [-0.39, 0.29) is 12.1 Å². The first kappa shape index (κ1) is 13.8. The highest BCUT2D eigenvalue weighted by atomic mass is 16.3. The zero-order valence-corrected chi connectivity index (χ0v) is 11.8. The Morgan fingerprint density at radius 3 is 2.37 bits per heavy atom. The minimum absolute atomic E-state index is 0.0588. The largest absolute Gasteiger partial charge is 0.465 e. The van der Waals surface area contributed by atoms with Crippen LogP contribution < -0.4 is 5.73 Å². The van der Waals surface area contributed by atoms with Gasteiger partial charge in [0.25, 0.3) is 0 Å². The Balaban J connectivity index is 2.15. The summed E-state index contributed by atoms with van der Waals surface area (Å²) in [5.74, 6) is 1.92. The van der Waals surface area contributed by atoms with Crippen LogP contribution in [0.3, 0.4) is 0 Å². The van der Waals surface area contributed by atoms with Crippen molar-refractivity contribution in [1.82, 2.24) is 4.90 Å². The van der Waals surface area contributed by atoms with Crippen molar-refractivity contribution in [3.63, 3.8) is 0 Å². The molecule has 0 spiro atoms. The molecule has 0 fully saturated rings. The zero-order chi connectivity index (χ0) is 13.8. The van der Waals surface area contributed by atoms with Gasteiger partial charge in [-0.2, -0.15) is 0 Å². The van der Waals surface area contributed by atoms with Crippen molar-refractivity contribution in [2.45, 2.75) is 32.5 Å². The molecule has 0 saturated heterocycles. The summed E-state index contributed by atoms with van der Waals surface area (Å²) in [7, 11) is 2.08. The summed E-state index contributed by atoms with van der Waals surface area (Å²) in [5, 5.41) is 0. The van der Waals surface area contributed by atoms with Crippen LogP contribution in [-0.2, 0) is 6.54 Å². The summed E-state index contributed by atoms with van der Waals surface area (Å²) in [5.41, 5.74) is 7.40. The number of nitrogens with zero attached hydrogens (tertiary/aromatic N) is 1. The molecule has 0 aliphatic rings. The highest BCUT2D eigenvalue weighted by molar-refractivity contribution is 5.20. The van der Waals surface area contributed by atoms with Crippen molar-refractivity contribution in [2.75, 3.05) is 7.05 Å². The molecule has 3 nitrogen and oxygen atoms in total. The van der Waals surface area contributed by atoms with Crippen molar-refractivity contribution in [3.8, 4) is 0 Å². The monoisotopic (exact) mass is 258 g/mol. The van der Waals surface area contributed by atoms with E-state index in [4.69, 9.17) is 10.2 Å². The fourth-order valence-electron chi connectivity index (χ4n) is 2.52. The summed E-state index contributed by atoms with van der Waals surface area (Å²) in [6.07, 6.45) is 0. The first-order valence-electron chi connectivity index (χ1n) is 6.64. The summed E-state index contributed by atoms with van der Waals surface area (Å²) in [6.45, 7) is 4.76. The van der Waals surface area contributed by atoms with Gasteiger partial charge in [-0.3, -0.25) is 4.90 Å². The molecular formula is C16H22N2O. The summed E-state index contributed by atoms with van der Waals surface area (Å²) in [4.78, 5) is 2.23. The van der Waals surface area contributed by atoms with Gasteiger partial charge in [-0.05, 0) is 38.6 Å². The molecule has 0 radical (unpaired) electrons. The van der Waals surface area contributed by atoms with Crippen LogP contribution in [0.25, 0.3) is 0 Å². The quantitative estimate of drug-likeness (QED) is 0.896. The van der Waals surface area contributed by atoms with E-state index < -0.39 is 0 Å². The molecule has 0 aliphatic heterocycles. The van der Waals surface area contributed by atoms with Crippen LogP contribution in [0.2, 0.25) is 0 Å². The molecular weight excluding hydrogens is 236 g/mol. The highest BCUT2D eigenvalue weighted by Crippen LogP contribution is 2.24. The number of furan rings is 1. The third-order valence-electron chi connectivity index (χ3n) is 3.32. The van der Waals surface area contributed by atoms with Crippen LogP contribution in [0.1, 0.15) is 30.0 Å². The van der Waals surface area contributed by atoms with Gasteiger partial charge in [-0.25, -0.2) is 0 Å². The lowest BCUT2D eigenvalue weighted by atomic mass is 9.99. The van der Waals surface area contributed by atoms with Crippen LogP contribution in [-0.4, -0.2) is 18.0 Å². The van der Waals surface area contributed by atoms with Gasteiger partial charge < -0.3 is 10.2 Å². The smallest absolute Gasteiger partial charge is 0.118 e. The third kappa shape index (κ3) is 3.46. The standard InChI is InChI=1S/C16H22N2O/c1-12-9-10-15(19-12)11-18(3)16(13(2)17)14-7-5-4-6-8-14/h4-10,13,16H,11,17H2,1-3H3. The second kappa shape index (κ2) is 6.04. The maximum absolute atomic E-state index is 6.16. The topological polar surface area (TPSA) is 42.4 Å². The second-order valence-electron chi connectivity index (χ2n) is 5.14. The maximum Gasteiger partial charge on any atom is 0.118 e. The molecule has 0 saturated carbocycles. The minimum atomic E-state index is 0.0588. The third-order valence-corrected chi connectivity index (χ3v) is 3.32. The molecule has 1 aromatic heterocycles. The molecule has 2 aromatic rings. The second-order valence-corrected chi connectivity index (χ2v) is 5.14. The number of hydrogen-bond acceptors (Lipinski definition) is 3. The molecule has 102 valence electrons. The molecule has 19 heavy (non-hydrogen) atoms. The van der Waals surface area contributed by atoms with Crippen LogP contribution in [0.4, 0.5) is 0 Å². The van der Waals surface area contributed by atoms with E-state index in [9.17, 15) is 0 Å². The van der Waals surface area contributed by atoms with Gasteiger partial charge in [0.1, 0.15) is 11.5 Å². The Labute approximate surface area is 115 Å². The van der Waals surface area contributed by atoms with Crippen LogP contribution >= 0.6 is 0 Å². The fourth-order valence-corrected chi connectivity index (χ4v) is 2.52. The molecule has 1 heterocycles. The highest BCUT2D eigenvalue weighted by Gasteiger charge is 2.21. The first-order chi connectivity index (χ1) is 9.08. The van der Waals surface area contributed by atoms with Crippen molar-refractivity contribution < 1.29 is 4.42 Å². The lowest BCUT2D eigenvalue weighted by Crippen LogP contribution is -2.36. The SMILES string of the molecule is Cc1ccc(CN(C)C(c2ccccc2)C(C)N)o1. The Bertz CT molecular complexity index is 504. The van der Waals surface area contributed by atoms with E-state index in [1.54, 1.807) is 0 Å². The predicted octanol–water partition coefficient (Wildman–Crippen LogP) is 3.11. The lowest BCUT2D eigenvalue weighted by molar-refractivity contribution is 0.195. The lowest BCUT2D eigenvalue weighted by Gasteiger charge is -2.30.